The maximum atomic E-state index is 11.7. The largest absolute Gasteiger partial charge is 0.370 e. The number of hydrogen-bond acceptors (Lipinski definition) is 4. The van der Waals surface area contributed by atoms with Crippen molar-refractivity contribution >= 4 is 11.8 Å². The van der Waals surface area contributed by atoms with E-state index in [0.717, 1.165) is 0 Å². The lowest BCUT2D eigenvalue weighted by atomic mass is 10.2. The van der Waals surface area contributed by atoms with Gasteiger partial charge in [0.25, 0.3) is 5.91 Å². The molecular formula is C12H14N4O2. The van der Waals surface area contributed by atoms with Crippen LogP contribution >= 0.6 is 0 Å². The number of pyridine rings is 1. The zero-order valence-electron chi connectivity index (χ0n) is 9.77. The van der Waals surface area contributed by atoms with Crippen LogP contribution in [-0.4, -0.2) is 29.9 Å². The van der Waals surface area contributed by atoms with Crippen LogP contribution in [0.3, 0.4) is 0 Å². The van der Waals surface area contributed by atoms with Gasteiger partial charge in [0.2, 0.25) is 5.91 Å². The number of nitrogens with two attached hydrogens (primary N) is 2. The second-order valence-corrected chi connectivity index (χ2v) is 3.44. The minimum absolute atomic E-state index is 0.103. The molecule has 0 aliphatic carbocycles. The van der Waals surface area contributed by atoms with Crippen LogP contribution in [0, 0.1) is 11.8 Å². The van der Waals surface area contributed by atoms with Gasteiger partial charge in [0.05, 0.1) is 12.1 Å². The predicted octanol–water partition coefficient (Wildman–Crippen LogP) is -1.00. The number of amides is 2. The Morgan fingerprint density at radius 1 is 1.39 bits per heavy atom. The summed E-state index contributed by atoms with van der Waals surface area (Å²) >= 11 is 0. The van der Waals surface area contributed by atoms with Gasteiger partial charge in [-0.25, -0.2) is 0 Å². The van der Waals surface area contributed by atoms with Crippen molar-refractivity contribution in [1.29, 1.82) is 0 Å². The fourth-order valence-electron chi connectivity index (χ4n) is 1.19. The summed E-state index contributed by atoms with van der Waals surface area (Å²) in [4.78, 5) is 26.1. The molecule has 1 aromatic rings. The highest BCUT2D eigenvalue weighted by Gasteiger charge is 2.06. The Kier molecular flexibility index (Phi) is 5.35. The van der Waals surface area contributed by atoms with Gasteiger partial charge in [-0.05, 0) is 6.07 Å². The zero-order chi connectivity index (χ0) is 13.4. The van der Waals surface area contributed by atoms with E-state index in [-0.39, 0.29) is 25.4 Å². The average molecular weight is 246 g/mol. The molecule has 6 nitrogen and oxygen atoms in total. The quantitative estimate of drug-likeness (QED) is 0.591. The number of nitrogens with one attached hydrogen (secondary N) is 1. The van der Waals surface area contributed by atoms with Crippen LogP contribution in [0.15, 0.2) is 18.5 Å². The molecule has 1 rings (SSSR count). The highest BCUT2D eigenvalue weighted by atomic mass is 16.2. The third-order valence-electron chi connectivity index (χ3n) is 1.99. The maximum absolute atomic E-state index is 11.7. The minimum Gasteiger partial charge on any atom is -0.370 e. The van der Waals surface area contributed by atoms with E-state index in [1.807, 2.05) is 0 Å². The van der Waals surface area contributed by atoms with E-state index in [2.05, 4.69) is 22.1 Å². The molecule has 0 unspecified atom stereocenters. The third-order valence-corrected chi connectivity index (χ3v) is 1.99. The number of nitrogens with zero attached hydrogens (tertiary/aromatic N) is 1. The van der Waals surface area contributed by atoms with E-state index >= 15 is 0 Å². The number of carbonyl (C=O) groups excluding carboxylic acids is 2. The van der Waals surface area contributed by atoms with Gasteiger partial charge in [0.15, 0.2) is 0 Å². The van der Waals surface area contributed by atoms with Gasteiger partial charge < -0.3 is 16.8 Å². The SMILES string of the molecule is NCC#Cc1cncc(C(=O)NCCC(N)=O)c1. The van der Waals surface area contributed by atoms with Crippen molar-refractivity contribution in [2.45, 2.75) is 6.42 Å². The summed E-state index contributed by atoms with van der Waals surface area (Å²) < 4.78 is 0. The highest BCUT2D eigenvalue weighted by Crippen LogP contribution is 2.01. The van der Waals surface area contributed by atoms with Gasteiger partial charge in [0.1, 0.15) is 0 Å². The lowest BCUT2D eigenvalue weighted by Crippen LogP contribution is -2.27. The molecule has 1 heterocycles. The van der Waals surface area contributed by atoms with Crippen molar-refractivity contribution in [3.63, 3.8) is 0 Å². The Morgan fingerprint density at radius 2 is 2.17 bits per heavy atom. The average Bonchev–Trinajstić information content (AvgIpc) is 2.36. The lowest BCUT2D eigenvalue weighted by molar-refractivity contribution is -0.117. The summed E-state index contributed by atoms with van der Waals surface area (Å²) in [6.07, 6.45) is 3.07. The van der Waals surface area contributed by atoms with Crippen molar-refractivity contribution in [3.8, 4) is 11.8 Å². The number of aromatic nitrogens is 1. The van der Waals surface area contributed by atoms with E-state index in [0.29, 0.717) is 11.1 Å². The van der Waals surface area contributed by atoms with Crippen molar-refractivity contribution in [3.05, 3.63) is 29.6 Å². The molecule has 2 amide bonds. The van der Waals surface area contributed by atoms with Crippen molar-refractivity contribution in [2.24, 2.45) is 11.5 Å². The van der Waals surface area contributed by atoms with Gasteiger partial charge in [-0.2, -0.15) is 0 Å². The molecule has 0 atom stereocenters. The first kappa shape index (κ1) is 13.7. The molecule has 1 aromatic heterocycles. The first-order valence-corrected chi connectivity index (χ1v) is 5.34. The Bertz CT molecular complexity index is 502. The summed E-state index contributed by atoms with van der Waals surface area (Å²) in [5.41, 5.74) is 11.2. The van der Waals surface area contributed by atoms with Crippen LogP contribution in [-0.2, 0) is 4.79 Å². The van der Waals surface area contributed by atoms with Crippen LogP contribution in [0.4, 0.5) is 0 Å². The molecule has 0 aliphatic heterocycles. The van der Waals surface area contributed by atoms with Gasteiger partial charge >= 0.3 is 0 Å². The van der Waals surface area contributed by atoms with E-state index in [1.165, 1.54) is 6.20 Å². The third kappa shape index (κ3) is 4.63. The molecule has 0 spiro atoms. The van der Waals surface area contributed by atoms with Gasteiger partial charge in [-0.3, -0.25) is 14.6 Å². The second-order valence-electron chi connectivity index (χ2n) is 3.44. The second kappa shape index (κ2) is 7.04. The fourth-order valence-corrected chi connectivity index (χ4v) is 1.19. The summed E-state index contributed by atoms with van der Waals surface area (Å²) in [6, 6.07) is 1.61. The monoisotopic (exact) mass is 246 g/mol. The summed E-state index contributed by atoms with van der Waals surface area (Å²) in [7, 11) is 0. The molecule has 0 bridgehead atoms. The zero-order valence-corrected chi connectivity index (χ0v) is 9.77. The number of primary amides is 1. The van der Waals surface area contributed by atoms with Gasteiger partial charge in [-0.1, -0.05) is 11.8 Å². The molecule has 5 N–H and O–H groups in total. The van der Waals surface area contributed by atoms with E-state index in [9.17, 15) is 9.59 Å². The Labute approximate surface area is 105 Å². The molecule has 0 aliphatic rings. The van der Waals surface area contributed by atoms with Crippen molar-refractivity contribution in [2.75, 3.05) is 13.1 Å². The van der Waals surface area contributed by atoms with Crippen LogP contribution in [0.25, 0.3) is 0 Å². The standard InChI is InChI=1S/C12H14N4O2/c13-4-1-2-9-6-10(8-15-7-9)12(18)16-5-3-11(14)17/h6-8H,3-5,13H2,(H2,14,17)(H,16,18). The molecule has 0 radical (unpaired) electrons. The predicted molar refractivity (Wildman–Crippen MR) is 66.3 cm³/mol. The minimum atomic E-state index is -0.462. The first-order chi connectivity index (χ1) is 8.63. The Hall–Kier alpha value is -2.39. The van der Waals surface area contributed by atoms with E-state index in [1.54, 1.807) is 12.3 Å². The van der Waals surface area contributed by atoms with Crippen LogP contribution in [0.2, 0.25) is 0 Å². The molecule has 94 valence electrons. The van der Waals surface area contributed by atoms with Crippen LogP contribution in [0.5, 0.6) is 0 Å². The maximum Gasteiger partial charge on any atom is 0.252 e. The molecule has 0 saturated heterocycles. The normalized spacial score (nSPS) is 9.17. The van der Waals surface area contributed by atoms with Crippen LogP contribution < -0.4 is 16.8 Å². The molecular weight excluding hydrogens is 232 g/mol. The first-order valence-electron chi connectivity index (χ1n) is 5.34. The molecule has 0 fully saturated rings. The Morgan fingerprint density at radius 3 is 2.83 bits per heavy atom. The Balaban J connectivity index is 2.65. The number of rotatable bonds is 4. The molecule has 0 aromatic carbocycles. The van der Waals surface area contributed by atoms with E-state index in [4.69, 9.17) is 11.5 Å². The fraction of sp³-hybridized carbons (Fsp3) is 0.250. The summed E-state index contributed by atoms with van der Waals surface area (Å²) in [6.45, 7) is 0.446. The van der Waals surface area contributed by atoms with Crippen LogP contribution in [0.1, 0.15) is 22.3 Å². The van der Waals surface area contributed by atoms with Gasteiger partial charge in [0, 0.05) is 30.9 Å². The van der Waals surface area contributed by atoms with E-state index < -0.39 is 5.91 Å². The molecule has 6 heteroatoms. The van der Waals surface area contributed by atoms with Crippen molar-refractivity contribution in [1.82, 2.24) is 10.3 Å². The smallest absolute Gasteiger partial charge is 0.252 e. The summed E-state index contributed by atoms with van der Waals surface area (Å²) in [5.74, 6) is 4.67. The lowest BCUT2D eigenvalue weighted by Gasteiger charge is -2.03. The number of carbonyl (C=O) groups is 2. The topological polar surface area (TPSA) is 111 Å². The van der Waals surface area contributed by atoms with Crippen molar-refractivity contribution < 1.29 is 9.59 Å². The molecule has 0 saturated carbocycles. The summed E-state index contributed by atoms with van der Waals surface area (Å²) in [5, 5.41) is 2.56. The highest BCUT2D eigenvalue weighted by molar-refractivity contribution is 5.94. The molecule has 18 heavy (non-hydrogen) atoms. The van der Waals surface area contributed by atoms with Gasteiger partial charge in [-0.15, -0.1) is 0 Å². The number of hydrogen-bond donors (Lipinski definition) is 3.